The molecule has 7 nitrogen and oxygen atoms in total. The zero-order valence-electron chi connectivity index (χ0n) is 12.9. The second-order valence-electron chi connectivity index (χ2n) is 5.84. The summed E-state index contributed by atoms with van der Waals surface area (Å²) >= 11 is 0. The molecule has 1 amide bonds. The zero-order chi connectivity index (χ0) is 15.5. The first-order chi connectivity index (χ1) is 10.6. The molecule has 0 radical (unpaired) electrons. The molecular formula is C15H21N5O2. The number of carbonyl (C=O) groups is 1. The molecule has 3 rings (SSSR count). The maximum atomic E-state index is 12.4. The first-order valence-corrected chi connectivity index (χ1v) is 7.61. The fourth-order valence-corrected chi connectivity index (χ4v) is 2.92. The van der Waals surface area contributed by atoms with Gasteiger partial charge in [-0.1, -0.05) is 5.16 Å². The Bertz CT molecular complexity index is 622. The molecule has 2 aromatic rings. The summed E-state index contributed by atoms with van der Waals surface area (Å²) in [6, 6.07) is 3.51. The van der Waals surface area contributed by atoms with Crippen LogP contribution in [0.15, 0.2) is 22.9 Å². The van der Waals surface area contributed by atoms with Gasteiger partial charge >= 0.3 is 0 Å². The van der Waals surface area contributed by atoms with Crippen LogP contribution in [0, 0.1) is 6.92 Å². The molecule has 0 bridgehead atoms. The number of H-pyrrole nitrogens is 1. The summed E-state index contributed by atoms with van der Waals surface area (Å²) in [4.78, 5) is 14.6. The van der Waals surface area contributed by atoms with Crippen LogP contribution in [-0.4, -0.2) is 45.3 Å². The van der Waals surface area contributed by atoms with Crippen LogP contribution in [0.5, 0.6) is 0 Å². The molecule has 7 heteroatoms. The monoisotopic (exact) mass is 303 g/mol. The van der Waals surface area contributed by atoms with E-state index in [1.54, 1.807) is 12.3 Å². The Kier molecular flexibility index (Phi) is 4.24. The number of aromatic amines is 1. The number of nitrogens with zero attached hydrogens (tertiary/aromatic N) is 3. The van der Waals surface area contributed by atoms with Crippen molar-refractivity contribution in [3.05, 3.63) is 29.7 Å². The van der Waals surface area contributed by atoms with Crippen molar-refractivity contribution in [1.82, 2.24) is 20.3 Å². The lowest BCUT2D eigenvalue weighted by atomic mass is 9.94. The Morgan fingerprint density at radius 2 is 2.45 bits per heavy atom. The first-order valence-electron chi connectivity index (χ1n) is 7.61. The number of amides is 1. The molecule has 0 unspecified atom stereocenters. The maximum Gasteiger partial charge on any atom is 0.243 e. The highest BCUT2D eigenvalue weighted by Crippen LogP contribution is 2.26. The molecule has 0 aromatic carbocycles. The molecule has 0 aliphatic carbocycles. The lowest BCUT2D eigenvalue weighted by Gasteiger charge is -2.35. The summed E-state index contributed by atoms with van der Waals surface area (Å²) in [5.74, 6) is 0.733. The van der Waals surface area contributed by atoms with E-state index in [0.717, 1.165) is 37.3 Å². The smallest absolute Gasteiger partial charge is 0.243 e. The highest BCUT2D eigenvalue weighted by molar-refractivity contribution is 5.93. The second kappa shape index (κ2) is 6.31. The summed E-state index contributed by atoms with van der Waals surface area (Å²) in [5.41, 5.74) is 1.89. The predicted molar refractivity (Wildman–Crippen MR) is 81.5 cm³/mol. The molecule has 2 atom stereocenters. The van der Waals surface area contributed by atoms with E-state index in [1.165, 1.54) is 0 Å². The van der Waals surface area contributed by atoms with Crippen LogP contribution in [0.25, 0.3) is 0 Å². The molecular weight excluding hydrogens is 282 g/mol. The molecule has 22 heavy (non-hydrogen) atoms. The lowest BCUT2D eigenvalue weighted by Crippen LogP contribution is -2.46. The maximum absolute atomic E-state index is 12.4. The summed E-state index contributed by atoms with van der Waals surface area (Å²) in [6.07, 6.45) is 3.97. The molecule has 0 spiro atoms. The summed E-state index contributed by atoms with van der Waals surface area (Å²) < 4.78 is 5.04. The minimum absolute atomic E-state index is 0.0681. The van der Waals surface area contributed by atoms with Gasteiger partial charge in [0, 0.05) is 30.4 Å². The number of rotatable bonds is 4. The second-order valence-corrected chi connectivity index (χ2v) is 5.84. The Morgan fingerprint density at radius 1 is 1.59 bits per heavy atom. The summed E-state index contributed by atoms with van der Waals surface area (Å²) in [7, 11) is 0. The molecule has 2 N–H and O–H groups in total. The van der Waals surface area contributed by atoms with Crippen molar-refractivity contribution in [3.8, 4) is 0 Å². The molecule has 3 heterocycles. The van der Waals surface area contributed by atoms with Crippen LogP contribution in [-0.2, 0) is 4.79 Å². The SMILES string of the molecule is Cc1cc(NC(=O)[C@H](C)N2CCC[C@H](c3ccn[nH]3)C2)on1. The fraction of sp³-hybridized carbons (Fsp3) is 0.533. The van der Waals surface area contributed by atoms with Crippen molar-refractivity contribution in [2.75, 3.05) is 18.4 Å². The van der Waals surface area contributed by atoms with E-state index in [2.05, 4.69) is 25.6 Å². The van der Waals surface area contributed by atoms with E-state index < -0.39 is 0 Å². The van der Waals surface area contributed by atoms with Crippen LogP contribution in [0.2, 0.25) is 0 Å². The first kappa shape index (κ1) is 14.8. The van der Waals surface area contributed by atoms with Crippen molar-refractivity contribution in [2.45, 2.75) is 38.6 Å². The number of piperidine rings is 1. The lowest BCUT2D eigenvalue weighted by molar-refractivity contribution is -0.121. The van der Waals surface area contributed by atoms with Gasteiger partial charge in [0.15, 0.2) is 0 Å². The predicted octanol–water partition coefficient (Wildman–Crippen LogP) is 1.91. The van der Waals surface area contributed by atoms with E-state index in [9.17, 15) is 4.79 Å². The van der Waals surface area contributed by atoms with E-state index in [0.29, 0.717) is 11.8 Å². The molecule has 2 aromatic heterocycles. The Labute approximate surface area is 129 Å². The normalized spacial score (nSPS) is 20.7. The summed E-state index contributed by atoms with van der Waals surface area (Å²) in [6.45, 7) is 5.52. The van der Waals surface area contributed by atoms with E-state index in [-0.39, 0.29) is 11.9 Å². The quantitative estimate of drug-likeness (QED) is 0.901. The van der Waals surface area contributed by atoms with Gasteiger partial charge in [0.2, 0.25) is 11.8 Å². The summed E-state index contributed by atoms with van der Waals surface area (Å²) in [5, 5.41) is 13.6. The van der Waals surface area contributed by atoms with Gasteiger partial charge in [0.05, 0.1) is 11.7 Å². The number of aryl methyl sites for hydroxylation is 1. The third-order valence-corrected chi connectivity index (χ3v) is 4.22. The number of likely N-dealkylation sites (tertiary alicyclic amines) is 1. The largest absolute Gasteiger partial charge is 0.338 e. The molecule has 118 valence electrons. The third kappa shape index (κ3) is 3.19. The molecule has 1 aliphatic rings. The molecule has 0 saturated carbocycles. The van der Waals surface area contributed by atoms with Gasteiger partial charge in [-0.15, -0.1) is 0 Å². The highest BCUT2D eigenvalue weighted by atomic mass is 16.5. The minimum Gasteiger partial charge on any atom is -0.338 e. The third-order valence-electron chi connectivity index (χ3n) is 4.22. The Balaban J connectivity index is 1.61. The van der Waals surface area contributed by atoms with Crippen LogP contribution < -0.4 is 5.32 Å². The average molecular weight is 303 g/mol. The van der Waals surface area contributed by atoms with E-state index >= 15 is 0 Å². The van der Waals surface area contributed by atoms with E-state index in [4.69, 9.17) is 4.52 Å². The molecule has 1 fully saturated rings. The number of carbonyl (C=O) groups excluding carboxylic acids is 1. The Morgan fingerprint density at radius 3 is 3.14 bits per heavy atom. The fourth-order valence-electron chi connectivity index (χ4n) is 2.92. The van der Waals surface area contributed by atoms with Gasteiger partial charge in [0.25, 0.3) is 0 Å². The zero-order valence-corrected chi connectivity index (χ0v) is 12.9. The van der Waals surface area contributed by atoms with Crippen molar-refractivity contribution < 1.29 is 9.32 Å². The van der Waals surface area contributed by atoms with Crippen molar-refractivity contribution in [3.63, 3.8) is 0 Å². The number of nitrogens with one attached hydrogen (secondary N) is 2. The van der Waals surface area contributed by atoms with Gasteiger partial charge < -0.3 is 4.52 Å². The standard InChI is InChI=1S/C15H21N5O2/c1-10-8-14(22-19-10)17-15(21)11(2)20-7-3-4-12(9-20)13-5-6-16-18-13/h5-6,8,11-12H,3-4,7,9H2,1-2H3,(H,16,18)(H,17,21)/t11-,12-/m0/s1. The molecule has 1 saturated heterocycles. The van der Waals surface area contributed by atoms with Gasteiger partial charge in [-0.3, -0.25) is 20.1 Å². The van der Waals surface area contributed by atoms with E-state index in [1.807, 2.05) is 19.9 Å². The van der Waals surface area contributed by atoms with Gasteiger partial charge in [-0.05, 0) is 39.3 Å². The number of hydrogen-bond acceptors (Lipinski definition) is 5. The minimum atomic E-state index is -0.212. The van der Waals surface area contributed by atoms with Crippen LogP contribution in [0.4, 0.5) is 5.88 Å². The number of hydrogen-bond donors (Lipinski definition) is 2. The average Bonchev–Trinajstić information content (AvgIpc) is 3.18. The van der Waals surface area contributed by atoms with Gasteiger partial charge in [-0.25, -0.2) is 0 Å². The van der Waals surface area contributed by atoms with Gasteiger partial charge in [0.1, 0.15) is 0 Å². The Hall–Kier alpha value is -2.15. The molecule has 1 aliphatic heterocycles. The van der Waals surface area contributed by atoms with Crippen LogP contribution in [0.3, 0.4) is 0 Å². The number of aromatic nitrogens is 3. The topological polar surface area (TPSA) is 87.0 Å². The van der Waals surface area contributed by atoms with Crippen LogP contribution in [0.1, 0.15) is 37.1 Å². The van der Waals surface area contributed by atoms with Crippen molar-refractivity contribution in [2.24, 2.45) is 0 Å². The van der Waals surface area contributed by atoms with Crippen molar-refractivity contribution in [1.29, 1.82) is 0 Å². The highest BCUT2D eigenvalue weighted by Gasteiger charge is 2.29. The number of anilines is 1. The van der Waals surface area contributed by atoms with Gasteiger partial charge in [-0.2, -0.15) is 5.10 Å². The van der Waals surface area contributed by atoms with Crippen LogP contribution >= 0.6 is 0 Å². The van der Waals surface area contributed by atoms with Crippen molar-refractivity contribution >= 4 is 11.8 Å².